The van der Waals surface area contributed by atoms with E-state index >= 15 is 0 Å². The molecule has 0 aliphatic heterocycles. The maximum absolute atomic E-state index is 12.4. The number of benzene rings is 2. The molecule has 2 N–H and O–H groups in total. The first-order chi connectivity index (χ1) is 14.0. The first kappa shape index (κ1) is 20.3. The van der Waals surface area contributed by atoms with Crippen LogP contribution in [0.25, 0.3) is 0 Å². The molecule has 1 atom stereocenters. The number of hydrogen-bond donors (Lipinski definition) is 2. The van der Waals surface area contributed by atoms with Crippen molar-refractivity contribution in [1.29, 1.82) is 0 Å². The summed E-state index contributed by atoms with van der Waals surface area (Å²) in [6.45, 7) is 1.62. The van der Waals surface area contributed by atoms with E-state index in [9.17, 15) is 9.59 Å². The van der Waals surface area contributed by atoms with Crippen molar-refractivity contribution in [2.45, 2.75) is 13.0 Å². The molecule has 0 saturated carbocycles. The molecule has 8 heteroatoms. The highest BCUT2D eigenvalue weighted by atomic mass is 35.5. The Bertz CT molecular complexity index is 987. The fraction of sp³-hybridized carbons (Fsp3) is 0.143. The molecule has 0 fully saturated rings. The Hall–Kier alpha value is -3.45. The Morgan fingerprint density at radius 1 is 1.07 bits per heavy atom. The maximum atomic E-state index is 12.4. The van der Waals surface area contributed by atoms with Gasteiger partial charge < -0.3 is 24.5 Å². The number of carbonyl (C=O) groups excluding carboxylic acids is 2. The van der Waals surface area contributed by atoms with Gasteiger partial charge in [0.05, 0.1) is 19.1 Å². The molecule has 0 bridgehead atoms. The van der Waals surface area contributed by atoms with Crippen LogP contribution in [0.15, 0.2) is 65.3 Å². The average molecular weight is 415 g/mol. The minimum absolute atomic E-state index is 0.215. The summed E-state index contributed by atoms with van der Waals surface area (Å²) in [5.74, 6) is 0.466. The average Bonchev–Trinajstić information content (AvgIpc) is 3.24. The van der Waals surface area contributed by atoms with Gasteiger partial charge in [-0.3, -0.25) is 9.59 Å². The van der Waals surface area contributed by atoms with Crippen molar-refractivity contribution in [3.63, 3.8) is 0 Å². The minimum atomic E-state index is -0.776. The number of hydrogen-bond acceptors (Lipinski definition) is 5. The van der Waals surface area contributed by atoms with Gasteiger partial charge in [0.2, 0.25) is 0 Å². The lowest BCUT2D eigenvalue weighted by Crippen LogP contribution is -2.30. The summed E-state index contributed by atoms with van der Waals surface area (Å²) in [4.78, 5) is 24.4. The van der Waals surface area contributed by atoms with Gasteiger partial charge in [-0.15, -0.1) is 0 Å². The van der Waals surface area contributed by atoms with Crippen LogP contribution in [-0.4, -0.2) is 25.0 Å². The summed E-state index contributed by atoms with van der Waals surface area (Å²) in [6, 6.07) is 14.8. The number of halogens is 1. The fourth-order valence-corrected chi connectivity index (χ4v) is 2.66. The normalized spacial score (nSPS) is 11.4. The zero-order chi connectivity index (χ0) is 20.8. The molecule has 0 aliphatic carbocycles. The Morgan fingerprint density at radius 2 is 1.83 bits per heavy atom. The van der Waals surface area contributed by atoms with Gasteiger partial charge in [0.1, 0.15) is 11.5 Å². The zero-order valence-electron chi connectivity index (χ0n) is 15.8. The molecule has 1 aromatic heterocycles. The highest BCUT2D eigenvalue weighted by molar-refractivity contribution is 6.31. The van der Waals surface area contributed by atoms with Crippen LogP contribution in [0.5, 0.6) is 11.5 Å². The summed E-state index contributed by atoms with van der Waals surface area (Å²) in [5, 5.41) is 5.91. The van der Waals surface area contributed by atoms with Gasteiger partial charge in [0, 0.05) is 10.7 Å². The molecular weight excluding hydrogens is 396 g/mol. The second-order valence-corrected chi connectivity index (χ2v) is 6.49. The Labute approximate surface area is 172 Å². The molecule has 3 rings (SSSR count). The van der Waals surface area contributed by atoms with E-state index in [1.807, 2.05) is 0 Å². The van der Waals surface area contributed by atoms with Crippen LogP contribution in [0, 0.1) is 0 Å². The van der Waals surface area contributed by atoms with Crippen molar-refractivity contribution >= 4 is 34.8 Å². The monoisotopic (exact) mass is 414 g/mol. The number of rotatable bonds is 7. The van der Waals surface area contributed by atoms with E-state index in [0.29, 0.717) is 27.9 Å². The Balaban J connectivity index is 1.59. The van der Waals surface area contributed by atoms with Crippen LogP contribution in [-0.2, 0) is 4.79 Å². The molecule has 0 saturated heterocycles. The van der Waals surface area contributed by atoms with E-state index in [-0.39, 0.29) is 17.6 Å². The lowest BCUT2D eigenvalue weighted by molar-refractivity contribution is -0.122. The van der Waals surface area contributed by atoms with Gasteiger partial charge in [0.15, 0.2) is 11.9 Å². The number of carbonyl (C=O) groups is 2. The van der Waals surface area contributed by atoms with Crippen molar-refractivity contribution in [3.8, 4) is 11.5 Å². The number of anilines is 2. The van der Waals surface area contributed by atoms with Crippen LogP contribution >= 0.6 is 11.6 Å². The number of nitrogens with one attached hydrogen (secondary N) is 2. The third-order valence-electron chi connectivity index (χ3n) is 3.96. The van der Waals surface area contributed by atoms with Gasteiger partial charge in [-0.25, -0.2) is 0 Å². The van der Waals surface area contributed by atoms with Crippen molar-refractivity contribution in [2.24, 2.45) is 0 Å². The molecule has 29 heavy (non-hydrogen) atoms. The summed E-state index contributed by atoms with van der Waals surface area (Å²) < 4.78 is 15.9. The highest BCUT2D eigenvalue weighted by Crippen LogP contribution is 2.28. The van der Waals surface area contributed by atoms with Crippen molar-refractivity contribution in [2.75, 3.05) is 17.7 Å². The van der Waals surface area contributed by atoms with Crippen molar-refractivity contribution < 1.29 is 23.5 Å². The SMILES string of the molecule is COc1ccc(Cl)cc1NC(=O)[C@@H](C)Oc1ccc(NC(=O)c2ccco2)cc1. The largest absolute Gasteiger partial charge is 0.495 e. The van der Waals surface area contributed by atoms with E-state index in [0.717, 1.165) is 0 Å². The van der Waals surface area contributed by atoms with Crippen LogP contribution in [0.3, 0.4) is 0 Å². The van der Waals surface area contributed by atoms with Crippen LogP contribution < -0.4 is 20.1 Å². The molecule has 2 aromatic carbocycles. The lowest BCUT2D eigenvalue weighted by Gasteiger charge is -2.16. The Kier molecular flexibility index (Phi) is 6.41. The molecule has 150 valence electrons. The molecule has 0 unspecified atom stereocenters. The third-order valence-corrected chi connectivity index (χ3v) is 4.19. The zero-order valence-corrected chi connectivity index (χ0v) is 16.5. The van der Waals surface area contributed by atoms with Gasteiger partial charge in [0.25, 0.3) is 11.8 Å². The fourth-order valence-electron chi connectivity index (χ4n) is 2.49. The quantitative estimate of drug-likeness (QED) is 0.589. The molecule has 0 spiro atoms. The van der Waals surface area contributed by atoms with Crippen LogP contribution in [0.2, 0.25) is 5.02 Å². The predicted molar refractivity (Wildman–Crippen MR) is 110 cm³/mol. The number of amides is 2. The lowest BCUT2D eigenvalue weighted by atomic mass is 10.2. The topological polar surface area (TPSA) is 89.8 Å². The first-order valence-corrected chi connectivity index (χ1v) is 9.10. The summed E-state index contributed by atoms with van der Waals surface area (Å²) in [5.41, 5.74) is 1.02. The molecule has 0 radical (unpaired) electrons. The maximum Gasteiger partial charge on any atom is 0.291 e. The summed E-state index contributed by atoms with van der Waals surface area (Å²) >= 11 is 5.98. The second-order valence-electron chi connectivity index (χ2n) is 6.05. The Morgan fingerprint density at radius 3 is 2.48 bits per heavy atom. The molecule has 7 nitrogen and oxygen atoms in total. The van der Waals surface area contributed by atoms with Crippen molar-refractivity contribution in [3.05, 3.63) is 71.6 Å². The van der Waals surface area contributed by atoms with E-state index in [1.54, 1.807) is 61.5 Å². The van der Waals surface area contributed by atoms with E-state index in [1.165, 1.54) is 13.4 Å². The number of methoxy groups -OCH3 is 1. The standard InChI is InChI=1S/C21H19ClN2O5/c1-13(20(25)24-17-12-14(22)5-10-18(17)27-2)29-16-8-6-15(7-9-16)23-21(26)19-4-3-11-28-19/h3-13H,1-2H3,(H,23,26)(H,24,25)/t13-/m1/s1. The smallest absolute Gasteiger partial charge is 0.291 e. The summed E-state index contributed by atoms with van der Waals surface area (Å²) in [7, 11) is 1.51. The molecule has 2 amide bonds. The van der Waals surface area contributed by atoms with Gasteiger partial charge >= 0.3 is 0 Å². The highest BCUT2D eigenvalue weighted by Gasteiger charge is 2.17. The van der Waals surface area contributed by atoms with E-state index in [4.69, 9.17) is 25.5 Å². The van der Waals surface area contributed by atoms with Gasteiger partial charge in [-0.1, -0.05) is 11.6 Å². The van der Waals surface area contributed by atoms with E-state index < -0.39 is 6.10 Å². The van der Waals surface area contributed by atoms with Gasteiger partial charge in [-0.05, 0) is 61.5 Å². The van der Waals surface area contributed by atoms with Gasteiger partial charge in [-0.2, -0.15) is 0 Å². The molecule has 1 heterocycles. The molecule has 0 aliphatic rings. The molecule has 3 aromatic rings. The summed E-state index contributed by atoms with van der Waals surface area (Å²) in [6.07, 6.45) is 0.652. The molecular formula is C21H19ClN2O5. The number of ether oxygens (including phenoxy) is 2. The van der Waals surface area contributed by atoms with Crippen LogP contribution in [0.4, 0.5) is 11.4 Å². The predicted octanol–water partition coefficient (Wildman–Crippen LogP) is 4.60. The third kappa shape index (κ3) is 5.30. The second kappa shape index (κ2) is 9.16. The van der Waals surface area contributed by atoms with Crippen molar-refractivity contribution in [1.82, 2.24) is 0 Å². The minimum Gasteiger partial charge on any atom is -0.495 e. The first-order valence-electron chi connectivity index (χ1n) is 8.72. The number of furan rings is 1. The van der Waals surface area contributed by atoms with E-state index in [2.05, 4.69) is 10.6 Å². The van der Waals surface area contributed by atoms with Crippen LogP contribution in [0.1, 0.15) is 17.5 Å².